The normalized spacial score (nSPS) is 17.1. The van der Waals surface area contributed by atoms with Gasteiger partial charge in [0.2, 0.25) is 0 Å². The number of thiophene rings is 1. The molecule has 2 amide bonds. The van der Waals surface area contributed by atoms with Gasteiger partial charge in [0.15, 0.2) is 0 Å². The molecule has 23 heavy (non-hydrogen) atoms. The molecule has 1 saturated heterocycles. The van der Waals surface area contributed by atoms with E-state index < -0.39 is 12.0 Å². The van der Waals surface area contributed by atoms with Gasteiger partial charge in [0.1, 0.15) is 11.1 Å². The molecular weight excluding hydrogens is 312 g/mol. The fourth-order valence-electron chi connectivity index (χ4n) is 2.58. The highest BCUT2D eigenvalue weighted by molar-refractivity contribution is 7.16. The lowest BCUT2D eigenvalue weighted by Gasteiger charge is -2.09. The van der Waals surface area contributed by atoms with Crippen LogP contribution in [-0.4, -0.2) is 24.5 Å². The fourth-order valence-corrected chi connectivity index (χ4v) is 3.68. The van der Waals surface area contributed by atoms with Gasteiger partial charge in [0.25, 0.3) is 11.8 Å². The van der Waals surface area contributed by atoms with Crippen LogP contribution in [0.5, 0.6) is 0 Å². The zero-order valence-electron chi connectivity index (χ0n) is 12.6. The number of carbonyl (C=O) groups excluding carboxylic acids is 2. The molecule has 1 aromatic carbocycles. The minimum absolute atomic E-state index is 0.210. The second-order valence-electron chi connectivity index (χ2n) is 5.47. The van der Waals surface area contributed by atoms with Crippen LogP contribution in [0.2, 0.25) is 0 Å². The summed E-state index contributed by atoms with van der Waals surface area (Å²) in [5.41, 5.74) is 6.93. The molecule has 0 unspecified atom stereocenters. The van der Waals surface area contributed by atoms with Crippen LogP contribution in [0, 0.1) is 0 Å². The van der Waals surface area contributed by atoms with Gasteiger partial charge in [-0.1, -0.05) is 30.3 Å². The predicted octanol–water partition coefficient (Wildman–Crippen LogP) is 2.56. The number of carbonyl (C=O) groups is 2. The Hall–Kier alpha value is -2.18. The van der Waals surface area contributed by atoms with Crippen molar-refractivity contribution in [3.05, 3.63) is 52.4 Å². The van der Waals surface area contributed by atoms with Crippen LogP contribution < -0.4 is 11.1 Å². The van der Waals surface area contributed by atoms with E-state index in [0.29, 0.717) is 30.0 Å². The van der Waals surface area contributed by atoms with Crippen LogP contribution in [0.1, 0.15) is 33.6 Å². The first-order valence-corrected chi connectivity index (χ1v) is 8.34. The largest absolute Gasteiger partial charge is 0.368 e. The van der Waals surface area contributed by atoms with E-state index in [4.69, 9.17) is 10.5 Å². The Morgan fingerprint density at radius 1 is 1.30 bits per heavy atom. The number of nitrogens with one attached hydrogen (secondary N) is 1. The summed E-state index contributed by atoms with van der Waals surface area (Å²) < 4.78 is 5.37. The van der Waals surface area contributed by atoms with Gasteiger partial charge in [0, 0.05) is 17.9 Å². The third kappa shape index (κ3) is 3.78. The standard InChI is InChI=1S/C17H18N2O3S/c18-15(20)13-10-12(9-11-5-2-1-3-6-11)23-17(13)19-16(21)14-7-4-8-22-14/h1-3,5-6,10,14H,4,7-9H2,(H2,18,20)(H,19,21)/t14-/m0/s1. The van der Waals surface area contributed by atoms with Crippen LogP contribution in [0.15, 0.2) is 36.4 Å². The maximum Gasteiger partial charge on any atom is 0.254 e. The van der Waals surface area contributed by atoms with Crippen LogP contribution in [0.3, 0.4) is 0 Å². The molecule has 3 rings (SSSR count). The molecule has 1 aromatic heterocycles. The summed E-state index contributed by atoms with van der Waals surface area (Å²) in [5, 5.41) is 3.30. The van der Waals surface area contributed by atoms with Crippen molar-refractivity contribution in [3.8, 4) is 0 Å². The van der Waals surface area contributed by atoms with E-state index in [1.54, 1.807) is 6.07 Å². The van der Waals surface area contributed by atoms with Crippen molar-refractivity contribution < 1.29 is 14.3 Å². The van der Waals surface area contributed by atoms with Crippen molar-refractivity contribution in [1.29, 1.82) is 0 Å². The van der Waals surface area contributed by atoms with Gasteiger partial charge < -0.3 is 15.8 Å². The van der Waals surface area contributed by atoms with Gasteiger partial charge in [0.05, 0.1) is 5.56 Å². The number of primary amides is 1. The molecule has 0 radical (unpaired) electrons. The van der Waals surface area contributed by atoms with Crippen molar-refractivity contribution in [3.63, 3.8) is 0 Å². The summed E-state index contributed by atoms with van der Waals surface area (Å²) in [6.45, 7) is 0.602. The van der Waals surface area contributed by atoms with E-state index in [1.807, 2.05) is 30.3 Å². The van der Waals surface area contributed by atoms with Gasteiger partial charge in [-0.3, -0.25) is 9.59 Å². The molecular formula is C17H18N2O3S. The van der Waals surface area contributed by atoms with Crippen LogP contribution in [0.4, 0.5) is 5.00 Å². The monoisotopic (exact) mass is 330 g/mol. The Morgan fingerprint density at radius 2 is 2.09 bits per heavy atom. The number of benzene rings is 1. The van der Waals surface area contributed by atoms with Gasteiger partial charge in [-0.2, -0.15) is 0 Å². The first kappa shape index (κ1) is 15.7. The molecule has 0 aliphatic carbocycles. The summed E-state index contributed by atoms with van der Waals surface area (Å²) in [4.78, 5) is 24.8. The van der Waals surface area contributed by atoms with Gasteiger partial charge in [-0.05, 0) is 24.5 Å². The molecule has 1 aliphatic heterocycles. The van der Waals surface area contributed by atoms with E-state index in [1.165, 1.54) is 11.3 Å². The highest BCUT2D eigenvalue weighted by atomic mass is 32.1. The van der Waals surface area contributed by atoms with Crippen molar-refractivity contribution in [2.75, 3.05) is 11.9 Å². The van der Waals surface area contributed by atoms with Crippen LogP contribution >= 0.6 is 11.3 Å². The summed E-state index contributed by atoms with van der Waals surface area (Å²) in [5.74, 6) is -0.749. The van der Waals surface area contributed by atoms with Crippen molar-refractivity contribution in [1.82, 2.24) is 0 Å². The molecule has 0 bridgehead atoms. The Bertz CT molecular complexity index is 706. The van der Waals surface area contributed by atoms with Crippen LogP contribution in [0.25, 0.3) is 0 Å². The van der Waals surface area contributed by atoms with Crippen molar-refractivity contribution >= 4 is 28.2 Å². The molecule has 6 heteroatoms. The van der Waals surface area contributed by atoms with E-state index in [2.05, 4.69) is 5.32 Å². The third-order valence-corrected chi connectivity index (χ3v) is 4.78. The van der Waals surface area contributed by atoms with Gasteiger partial charge in [-0.15, -0.1) is 11.3 Å². The number of amides is 2. The lowest BCUT2D eigenvalue weighted by atomic mass is 10.1. The molecule has 0 saturated carbocycles. The topological polar surface area (TPSA) is 81.4 Å². The smallest absolute Gasteiger partial charge is 0.254 e. The number of anilines is 1. The maximum absolute atomic E-state index is 12.2. The van der Waals surface area contributed by atoms with E-state index in [-0.39, 0.29) is 5.91 Å². The predicted molar refractivity (Wildman–Crippen MR) is 89.7 cm³/mol. The van der Waals surface area contributed by atoms with Crippen molar-refractivity contribution in [2.24, 2.45) is 5.73 Å². The number of hydrogen-bond acceptors (Lipinski definition) is 4. The molecule has 120 valence electrons. The maximum atomic E-state index is 12.2. The molecule has 3 N–H and O–H groups in total. The average Bonchev–Trinajstić information content (AvgIpc) is 3.18. The summed E-state index contributed by atoms with van der Waals surface area (Å²) >= 11 is 1.38. The van der Waals surface area contributed by atoms with Gasteiger partial charge >= 0.3 is 0 Å². The molecule has 1 aliphatic rings. The first-order valence-electron chi connectivity index (χ1n) is 7.52. The quantitative estimate of drug-likeness (QED) is 0.884. The second kappa shape index (κ2) is 6.93. The number of rotatable bonds is 5. The number of nitrogens with two attached hydrogens (primary N) is 1. The second-order valence-corrected chi connectivity index (χ2v) is 6.61. The molecule has 2 heterocycles. The highest BCUT2D eigenvalue weighted by Gasteiger charge is 2.25. The number of hydrogen-bond donors (Lipinski definition) is 2. The third-order valence-electron chi connectivity index (χ3n) is 3.73. The molecule has 1 fully saturated rings. The first-order chi connectivity index (χ1) is 11.1. The minimum Gasteiger partial charge on any atom is -0.368 e. The zero-order valence-corrected chi connectivity index (χ0v) is 13.4. The molecule has 0 spiro atoms. The molecule has 2 aromatic rings. The fraction of sp³-hybridized carbons (Fsp3) is 0.294. The lowest BCUT2D eigenvalue weighted by molar-refractivity contribution is -0.124. The number of ether oxygens (including phenoxy) is 1. The molecule has 5 nitrogen and oxygen atoms in total. The Morgan fingerprint density at radius 3 is 2.74 bits per heavy atom. The van der Waals surface area contributed by atoms with E-state index >= 15 is 0 Å². The average molecular weight is 330 g/mol. The Labute approximate surface area is 138 Å². The van der Waals surface area contributed by atoms with Gasteiger partial charge in [-0.25, -0.2) is 0 Å². The van der Waals surface area contributed by atoms with E-state index in [0.717, 1.165) is 16.9 Å². The Balaban J connectivity index is 1.78. The van der Waals surface area contributed by atoms with E-state index in [9.17, 15) is 9.59 Å². The Kier molecular flexibility index (Phi) is 4.73. The van der Waals surface area contributed by atoms with Crippen LogP contribution in [-0.2, 0) is 16.0 Å². The highest BCUT2D eigenvalue weighted by Crippen LogP contribution is 2.30. The minimum atomic E-state index is -0.539. The molecule has 1 atom stereocenters. The summed E-state index contributed by atoms with van der Waals surface area (Å²) in [6, 6.07) is 11.7. The zero-order chi connectivity index (χ0) is 16.2. The summed E-state index contributed by atoms with van der Waals surface area (Å²) in [6.07, 6.45) is 1.85. The lowest BCUT2D eigenvalue weighted by Crippen LogP contribution is -2.27. The summed E-state index contributed by atoms with van der Waals surface area (Å²) in [7, 11) is 0. The SMILES string of the molecule is NC(=O)c1cc(Cc2ccccc2)sc1NC(=O)[C@@H]1CCCO1. The van der Waals surface area contributed by atoms with Crippen molar-refractivity contribution in [2.45, 2.75) is 25.4 Å².